The first-order valence-electron chi connectivity index (χ1n) is 15.7. The summed E-state index contributed by atoms with van der Waals surface area (Å²) in [5.74, 6) is 1.51. The highest BCUT2D eigenvalue weighted by Gasteiger charge is 2.50. The smallest absolute Gasteiger partial charge is 0.203 e. The van der Waals surface area contributed by atoms with E-state index in [9.17, 15) is 5.11 Å². The van der Waals surface area contributed by atoms with Crippen LogP contribution in [0.3, 0.4) is 0 Å². The van der Waals surface area contributed by atoms with E-state index in [0.717, 1.165) is 12.2 Å². The highest BCUT2D eigenvalue weighted by molar-refractivity contribution is 6.96. The van der Waals surface area contributed by atoms with Gasteiger partial charge < -0.3 is 22.4 Å². The Hall–Kier alpha value is -3.08. The number of fused-ring (bicyclic) bond motifs is 3. The minimum absolute atomic E-state index is 0. The van der Waals surface area contributed by atoms with Crippen molar-refractivity contribution < 1.29 is 22.1 Å². The molecule has 43 heavy (non-hydrogen) atoms. The lowest BCUT2D eigenvalue weighted by Gasteiger charge is -2.47. The fraction of sp³-hybridized carbons (Fsp3) is 0.395. The maximum Gasteiger partial charge on any atom is 0.203 e. The molecule has 3 aliphatic rings. The number of hydrogen-bond acceptors (Lipinski definition) is 2. The van der Waals surface area contributed by atoms with Crippen LogP contribution in [0.4, 0.5) is 11.4 Å². The number of rotatable bonds is 4. The van der Waals surface area contributed by atoms with Crippen molar-refractivity contribution in [1.82, 2.24) is 0 Å². The molecule has 3 aromatic carbocycles. The van der Waals surface area contributed by atoms with Gasteiger partial charge in [-0.3, -0.25) is 0 Å². The first kappa shape index (κ1) is 31.3. The number of aryl methyl sites for hydroxylation is 2. The van der Waals surface area contributed by atoms with E-state index in [0.29, 0.717) is 23.5 Å². The summed E-state index contributed by atoms with van der Waals surface area (Å²) in [7, 11) is 0.0820. The van der Waals surface area contributed by atoms with Crippen molar-refractivity contribution >= 4 is 30.3 Å². The summed E-state index contributed by atoms with van der Waals surface area (Å²) >= 11 is 0. The third-order valence-corrected chi connectivity index (χ3v) is 14.2. The van der Waals surface area contributed by atoms with E-state index in [1.165, 1.54) is 40.1 Å². The first-order chi connectivity index (χ1) is 19.8. The molecule has 0 fully saturated rings. The first-order valence-corrected chi connectivity index (χ1v) is 18.7. The Balaban J connectivity index is 0.00000368. The van der Waals surface area contributed by atoms with Gasteiger partial charge in [0.25, 0.3) is 0 Å². The molecule has 6 rings (SSSR count). The lowest BCUT2D eigenvalue weighted by atomic mass is 9.71. The molecule has 2 heterocycles. The molecule has 0 aromatic heterocycles. The molecule has 0 bridgehead atoms. The molecule has 3 aromatic rings. The van der Waals surface area contributed by atoms with E-state index in [1.54, 1.807) is 28.1 Å². The molecular weight excluding hydrogens is 564 g/mol. The number of halogens is 1. The lowest BCUT2D eigenvalue weighted by molar-refractivity contribution is -0.602. The molecule has 3 unspecified atom stereocenters. The summed E-state index contributed by atoms with van der Waals surface area (Å²) < 4.78 is 2.67. The van der Waals surface area contributed by atoms with Crippen LogP contribution in [0.5, 0.6) is 5.75 Å². The molecule has 0 amide bonds. The van der Waals surface area contributed by atoms with E-state index in [4.69, 9.17) is 0 Å². The Morgan fingerprint density at radius 3 is 2.26 bits per heavy atom. The topological polar surface area (TPSA) is 26.5 Å². The third-order valence-electron chi connectivity index (χ3n) is 10.5. The van der Waals surface area contributed by atoms with E-state index < -0.39 is 8.07 Å². The molecule has 3 nitrogen and oxygen atoms in total. The molecule has 1 aliphatic carbocycles. The zero-order valence-corrected chi connectivity index (χ0v) is 29.1. The summed E-state index contributed by atoms with van der Waals surface area (Å²) in [6.07, 6.45) is 6.54. The number of hydrogen-bond donors (Lipinski definition) is 1. The van der Waals surface area contributed by atoms with Gasteiger partial charge in [0.05, 0.1) is 0 Å². The molecule has 2 aliphatic heterocycles. The number of allylic oxidation sites excluding steroid dienone is 4. The van der Waals surface area contributed by atoms with Gasteiger partial charge in [-0.15, -0.1) is 0 Å². The molecule has 1 N–H and O–H groups in total. The van der Waals surface area contributed by atoms with Crippen LogP contribution in [0.15, 0.2) is 83.6 Å². The summed E-state index contributed by atoms with van der Waals surface area (Å²) in [4.78, 5) is 2.24. The van der Waals surface area contributed by atoms with Crippen molar-refractivity contribution in [1.29, 1.82) is 0 Å². The van der Waals surface area contributed by atoms with Crippen LogP contribution in [0.2, 0.25) is 13.1 Å². The van der Waals surface area contributed by atoms with Gasteiger partial charge in [0, 0.05) is 48.3 Å². The second-order valence-electron chi connectivity index (χ2n) is 14.1. The SMILES string of the molecule is CC[N+]1=C2C=C3C(C=C2C(C)CC1(C)C)C(c1ccc(C)cc1C)c1ccc(N(C)c2ccc(O)cc2)cc1[Si]3(C)C.[Cl-]. The van der Waals surface area contributed by atoms with Gasteiger partial charge in [-0.05, 0) is 98.8 Å². The van der Waals surface area contributed by atoms with Crippen LogP contribution in [-0.2, 0) is 0 Å². The monoisotopic (exact) mass is 610 g/mol. The van der Waals surface area contributed by atoms with Crippen LogP contribution in [0.25, 0.3) is 0 Å². The van der Waals surface area contributed by atoms with Gasteiger partial charge in [0.15, 0.2) is 5.54 Å². The third kappa shape index (κ3) is 5.11. The van der Waals surface area contributed by atoms with Gasteiger partial charge >= 0.3 is 0 Å². The fourth-order valence-electron chi connectivity index (χ4n) is 8.39. The minimum atomic E-state index is -2.05. The van der Waals surface area contributed by atoms with Gasteiger partial charge in [0.2, 0.25) is 5.71 Å². The second kappa shape index (κ2) is 11.1. The average Bonchev–Trinajstić information content (AvgIpc) is 2.93. The molecule has 226 valence electrons. The summed E-state index contributed by atoms with van der Waals surface area (Å²) in [6.45, 7) is 20.3. The quantitative estimate of drug-likeness (QED) is 0.327. The van der Waals surface area contributed by atoms with Crippen molar-refractivity contribution in [2.75, 3.05) is 18.5 Å². The van der Waals surface area contributed by atoms with Crippen molar-refractivity contribution in [2.45, 2.75) is 72.5 Å². The number of benzene rings is 3. The zero-order valence-electron chi connectivity index (χ0n) is 27.3. The number of nitrogens with zero attached hydrogens (tertiary/aromatic N) is 2. The van der Waals surface area contributed by atoms with Gasteiger partial charge in [-0.25, -0.2) is 4.58 Å². The largest absolute Gasteiger partial charge is 1.00 e. The predicted octanol–water partition coefficient (Wildman–Crippen LogP) is 5.16. The van der Waals surface area contributed by atoms with Gasteiger partial charge in [-0.1, -0.05) is 61.1 Å². The Labute approximate surface area is 266 Å². The zero-order chi connectivity index (χ0) is 30.1. The number of anilines is 2. The van der Waals surface area contributed by atoms with Gasteiger partial charge in [-0.2, -0.15) is 0 Å². The Kier molecular flexibility index (Phi) is 8.11. The highest BCUT2D eigenvalue weighted by Crippen LogP contribution is 2.50. The van der Waals surface area contributed by atoms with E-state index in [2.05, 4.69) is 120 Å². The molecule has 0 radical (unpaired) electrons. The van der Waals surface area contributed by atoms with E-state index in [1.807, 2.05) is 12.1 Å². The summed E-state index contributed by atoms with van der Waals surface area (Å²) in [6, 6.07) is 21.8. The van der Waals surface area contributed by atoms with Crippen LogP contribution in [-0.4, -0.2) is 42.6 Å². The standard InChI is InChI=1S/C38H46N2OSi.ClH/c1-10-40-34-22-36-33(21-32(34)26(4)23-38(40,5)6)37(30-17-11-24(2)19-25(30)3)31-18-14-28(20-35(31)42(36,8)9)39(7)27-12-15-29(41)16-13-27;/h11-22,26,33,37H,10,23H2,1-9H3;1H. The average molecular weight is 611 g/mol. The van der Waals surface area contributed by atoms with Crippen LogP contribution >= 0.6 is 0 Å². The molecule has 0 saturated carbocycles. The molecule has 3 atom stereocenters. The maximum absolute atomic E-state index is 9.86. The Morgan fingerprint density at radius 1 is 0.953 bits per heavy atom. The summed E-state index contributed by atoms with van der Waals surface area (Å²) in [5.41, 5.74) is 11.1. The van der Waals surface area contributed by atoms with Crippen LogP contribution in [0.1, 0.15) is 62.3 Å². The second-order valence-corrected chi connectivity index (χ2v) is 18.5. The summed E-state index contributed by atoms with van der Waals surface area (Å²) in [5, 5.41) is 13.1. The van der Waals surface area contributed by atoms with Crippen molar-refractivity contribution in [3.63, 3.8) is 0 Å². The number of phenols is 1. The van der Waals surface area contributed by atoms with Crippen LogP contribution in [0, 0.1) is 25.7 Å². The van der Waals surface area contributed by atoms with E-state index >= 15 is 0 Å². The lowest BCUT2D eigenvalue weighted by Crippen LogP contribution is -3.00. The van der Waals surface area contributed by atoms with Gasteiger partial charge in [0.1, 0.15) is 20.4 Å². The maximum atomic E-state index is 9.86. The van der Waals surface area contributed by atoms with Crippen molar-refractivity contribution in [3.8, 4) is 5.75 Å². The highest BCUT2D eigenvalue weighted by atomic mass is 35.5. The van der Waals surface area contributed by atoms with Crippen molar-refractivity contribution in [3.05, 3.63) is 106 Å². The number of phenolic OH excluding ortho intramolecular Hbond substituents is 1. The predicted molar refractivity (Wildman–Crippen MR) is 181 cm³/mol. The van der Waals surface area contributed by atoms with Crippen molar-refractivity contribution in [2.24, 2.45) is 11.8 Å². The minimum Gasteiger partial charge on any atom is -1.00 e. The molecular formula is C38H47ClN2OSi. The molecule has 0 spiro atoms. The molecule has 0 saturated heterocycles. The van der Waals surface area contributed by atoms with Crippen LogP contribution < -0.4 is 22.5 Å². The Morgan fingerprint density at radius 2 is 1.60 bits per heavy atom. The fourth-order valence-corrected chi connectivity index (χ4v) is 11.7. The Bertz CT molecular complexity index is 1660. The molecule has 5 heteroatoms. The van der Waals surface area contributed by atoms with E-state index in [-0.39, 0.29) is 17.9 Å². The number of aromatic hydroxyl groups is 1. The normalized spacial score (nSPS) is 23.2.